The van der Waals surface area contributed by atoms with Gasteiger partial charge in [0.1, 0.15) is 11.6 Å². The lowest BCUT2D eigenvalue weighted by Crippen LogP contribution is -2.23. The molecule has 0 aliphatic rings. The van der Waals surface area contributed by atoms with E-state index in [1.165, 1.54) is 12.1 Å². The molecule has 0 saturated carbocycles. The Bertz CT molecular complexity index is 617. The monoisotopic (exact) mass is 307 g/mol. The molecule has 4 heteroatoms. The van der Waals surface area contributed by atoms with E-state index in [-0.39, 0.29) is 17.9 Å². The summed E-state index contributed by atoms with van der Waals surface area (Å²) in [5, 5.41) is 3.89. The zero-order valence-corrected chi connectivity index (χ0v) is 13.1. The molecule has 0 amide bonds. The minimum absolute atomic E-state index is 0.00184. The normalized spacial score (nSPS) is 13.8. The zero-order valence-electron chi connectivity index (χ0n) is 12.4. The molecule has 21 heavy (non-hydrogen) atoms. The number of benzene rings is 2. The van der Waals surface area contributed by atoms with E-state index in [0.717, 1.165) is 16.9 Å². The molecule has 0 aliphatic heterocycles. The van der Waals surface area contributed by atoms with E-state index >= 15 is 0 Å². The molecule has 0 aromatic heterocycles. The summed E-state index contributed by atoms with van der Waals surface area (Å²) in [6, 6.07) is 12.4. The topological polar surface area (TPSA) is 21.3 Å². The van der Waals surface area contributed by atoms with Gasteiger partial charge in [-0.25, -0.2) is 4.39 Å². The standard InChI is InChI=1S/C17H19ClFNO/c1-11(14-9-8-13(19)10-16(14)18)20-12(2)15-6-4-5-7-17(15)21-3/h4-12,20H,1-3H3/t11?,12-/m0/s1. The molecular weight excluding hydrogens is 289 g/mol. The van der Waals surface area contributed by atoms with Crippen molar-refractivity contribution in [2.75, 3.05) is 7.11 Å². The molecule has 0 aliphatic carbocycles. The smallest absolute Gasteiger partial charge is 0.124 e. The van der Waals surface area contributed by atoms with Crippen LogP contribution in [0.25, 0.3) is 0 Å². The van der Waals surface area contributed by atoms with Crippen molar-refractivity contribution < 1.29 is 9.13 Å². The first-order chi connectivity index (χ1) is 10.0. The number of halogens is 2. The van der Waals surface area contributed by atoms with Crippen LogP contribution in [0.4, 0.5) is 4.39 Å². The average Bonchev–Trinajstić information content (AvgIpc) is 2.46. The maximum atomic E-state index is 13.1. The fourth-order valence-electron chi connectivity index (χ4n) is 2.43. The minimum Gasteiger partial charge on any atom is -0.496 e. The van der Waals surface area contributed by atoms with Gasteiger partial charge in [-0.3, -0.25) is 0 Å². The average molecular weight is 308 g/mol. The van der Waals surface area contributed by atoms with Gasteiger partial charge < -0.3 is 10.1 Å². The third-order valence-electron chi connectivity index (χ3n) is 3.53. The maximum Gasteiger partial charge on any atom is 0.124 e. The van der Waals surface area contributed by atoms with Crippen LogP contribution < -0.4 is 10.1 Å². The summed E-state index contributed by atoms with van der Waals surface area (Å²) < 4.78 is 18.5. The molecular formula is C17H19ClFNO. The maximum absolute atomic E-state index is 13.1. The predicted molar refractivity (Wildman–Crippen MR) is 84.4 cm³/mol. The number of nitrogens with one attached hydrogen (secondary N) is 1. The summed E-state index contributed by atoms with van der Waals surface area (Å²) in [7, 11) is 1.66. The molecule has 2 nitrogen and oxygen atoms in total. The molecule has 2 aromatic carbocycles. The second kappa shape index (κ2) is 6.92. The fraction of sp³-hybridized carbons (Fsp3) is 0.294. The lowest BCUT2D eigenvalue weighted by Gasteiger charge is -2.23. The Morgan fingerprint density at radius 2 is 1.71 bits per heavy atom. The van der Waals surface area contributed by atoms with Crippen LogP contribution >= 0.6 is 11.6 Å². The summed E-state index contributed by atoms with van der Waals surface area (Å²) in [6.07, 6.45) is 0. The van der Waals surface area contributed by atoms with Gasteiger partial charge >= 0.3 is 0 Å². The molecule has 0 saturated heterocycles. The third kappa shape index (κ3) is 3.74. The molecule has 1 N–H and O–H groups in total. The molecule has 0 heterocycles. The van der Waals surface area contributed by atoms with Gasteiger partial charge in [0.2, 0.25) is 0 Å². The number of para-hydroxylation sites is 1. The van der Waals surface area contributed by atoms with Crippen LogP contribution in [0.3, 0.4) is 0 Å². The van der Waals surface area contributed by atoms with E-state index in [2.05, 4.69) is 12.2 Å². The Hall–Kier alpha value is -1.58. The largest absolute Gasteiger partial charge is 0.496 e. The van der Waals surface area contributed by atoms with Crippen LogP contribution in [0.2, 0.25) is 5.02 Å². The Balaban J connectivity index is 2.16. The fourth-order valence-corrected chi connectivity index (χ4v) is 2.76. The van der Waals surface area contributed by atoms with Crippen LogP contribution in [-0.4, -0.2) is 7.11 Å². The van der Waals surface area contributed by atoms with E-state index in [1.807, 2.05) is 31.2 Å². The van der Waals surface area contributed by atoms with Gasteiger partial charge in [0.25, 0.3) is 0 Å². The highest BCUT2D eigenvalue weighted by Gasteiger charge is 2.16. The van der Waals surface area contributed by atoms with Crippen molar-refractivity contribution >= 4 is 11.6 Å². The van der Waals surface area contributed by atoms with Crippen molar-refractivity contribution in [2.45, 2.75) is 25.9 Å². The number of hydrogen-bond acceptors (Lipinski definition) is 2. The van der Waals surface area contributed by atoms with E-state index in [0.29, 0.717) is 5.02 Å². The van der Waals surface area contributed by atoms with Crippen molar-refractivity contribution in [3.05, 3.63) is 64.4 Å². The van der Waals surface area contributed by atoms with Gasteiger partial charge in [0.05, 0.1) is 7.11 Å². The first-order valence-electron chi connectivity index (χ1n) is 6.87. The molecule has 0 spiro atoms. The third-order valence-corrected chi connectivity index (χ3v) is 3.86. The Morgan fingerprint density at radius 3 is 2.38 bits per heavy atom. The van der Waals surface area contributed by atoms with Crippen molar-refractivity contribution in [3.8, 4) is 5.75 Å². The van der Waals surface area contributed by atoms with Crippen LogP contribution in [0.15, 0.2) is 42.5 Å². The Labute approximate surface area is 129 Å². The summed E-state index contributed by atoms with van der Waals surface area (Å²) in [6.45, 7) is 4.07. The van der Waals surface area contributed by atoms with Gasteiger partial charge in [0, 0.05) is 22.7 Å². The SMILES string of the molecule is COc1ccccc1[C@H](C)NC(C)c1ccc(F)cc1Cl. The predicted octanol–water partition coefficient (Wildman–Crippen LogP) is 4.90. The Kier molecular flexibility index (Phi) is 5.21. The lowest BCUT2D eigenvalue weighted by molar-refractivity contribution is 0.396. The van der Waals surface area contributed by atoms with Crippen LogP contribution in [0, 0.1) is 5.82 Å². The number of methoxy groups -OCH3 is 1. The zero-order chi connectivity index (χ0) is 15.4. The lowest BCUT2D eigenvalue weighted by atomic mass is 10.0. The van der Waals surface area contributed by atoms with E-state index in [1.54, 1.807) is 13.2 Å². The number of hydrogen-bond donors (Lipinski definition) is 1. The first kappa shape index (κ1) is 15.8. The van der Waals surface area contributed by atoms with Crippen LogP contribution in [0.5, 0.6) is 5.75 Å². The second-order valence-electron chi connectivity index (χ2n) is 5.02. The van der Waals surface area contributed by atoms with Crippen LogP contribution in [0.1, 0.15) is 37.1 Å². The second-order valence-corrected chi connectivity index (χ2v) is 5.43. The molecule has 2 rings (SSSR count). The molecule has 2 aromatic rings. The summed E-state index contributed by atoms with van der Waals surface area (Å²) in [5.74, 6) is 0.517. The highest BCUT2D eigenvalue weighted by Crippen LogP contribution is 2.29. The highest BCUT2D eigenvalue weighted by atomic mass is 35.5. The van der Waals surface area contributed by atoms with E-state index in [9.17, 15) is 4.39 Å². The van der Waals surface area contributed by atoms with Gasteiger partial charge in [-0.05, 0) is 37.6 Å². The number of rotatable bonds is 5. The van der Waals surface area contributed by atoms with Crippen molar-refractivity contribution in [1.82, 2.24) is 5.32 Å². The Morgan fingerprint density at radius 1 is 1.05 bits per heavy atom. The molecule has 2 atom stereocenters. The first-order valence-corrected chi connectivity index (χ1v) is 7.24. The van der Waals surface area contributed by atoms with E-state index < -0.39 is 0 Å². The van der Waals surface area contributed by atoms with Gasteiger partial charge in [0.15, 0.2) is 0 Å². The minimum atomic E-state index is -0.325. The molecule has 0 bridgehead atoms. The van der Waals surface area contributed by atoms with Gasteiger partial charge in [-0.2, -0.15) is 0 Å². The molecule has 0 fully saturated rings. The molecule has 1 unspecified atom stereocenters. The molecule has 112 valence electrons. The summed E-state index contributed by atoms with van der Waals surface area (Å²) in [4.78, 5) is 0. The highest BCUT2D eigenvalue weighted by molar-refractivity contribution is 6.31. The van der Waals surface area contributed by atoms with Gasteiger partial charge in [-0.15, -0.1) is 0 Å². The molecule has 0 radical (unpaired) electrons. The van der Waals surface area contributed by atoms with Crippen molar-refractivity contribution in [3.63, 3.8) is 0 Å². The van der Waals surface area contributed by atoms with Crippen molar-refractivity contribution in [1.29, 1.82) is 0 Å². The van der Waals surface area contributed by atoms with E-state index in [4.69, 9.17) is 16.3 Å². The van der Waals surface area contributed by atoms with Crippen LogP contribution in [-0.2, 0) is 0 Å². The summed E-state index contributed by atoms with van der Waals surface area (Å²) >= 11 is 6.11. The van der Waals surface area contributed by atoms with Crippen molar-refractivity contribution in [2.24, 2.45) is 0 Å². The van der Waals surface area contributed by atoms with Gasteiger partial charge in [-0.1, -0.05) is 35.9 Å². The summed E-state index contributed by atoms with van der Waals surface area (Å²) in [5.41, 5.74) is 1.95. The quantitative estimate of drug-likeness (QED) is 0.848. The number of ether oxygens (including phenoxy) is 1.